The Morgan fingerprint density at radius 1 is 1.19 bits per heavy atom. The Labute approximate surface area is 154 Å². The predicted octanol–water partition coefficient (Wildman–Crippen LogP) is 3.47. The highest BCUT2D eigenvalue weighted by molar-refractivity contribution is 6.62. The van der Waals surface area contributed by atoms with Gasteiger partial charge in [-0.1, -0.05) is 20.8 Å². The second-order valence-corrected chi connectivity index (χ2v) is 9.07. The molecule has 1 N–H and O–H groups in total. The third kappa shape index (κ3) is 2.74. The molecule has 7 heteroatoms. The third-order valence-corrected chi connectivity index (χ3v) is 5.51. The van der Waals surface area contributed by atoms with Gasteiger partial charge in [-0.05, 0) is 46.2 Å². The fourth-order valence-corrected chi connectivity index (χ4v) is 3.52. The monoisotopic (exact) mass is 358 g/mol. The number of carbonyl (C=O) groups is 1. The summed E-state index contributed by atoms with van der Waals surface area (Å²) in [6, 6.07) is 1.94. The van der Waals surface area contributed by atoms with E-state index in [9.17, 15) is 9.90 Å². The van der Waals surface area contributed by atoms with Crippen LogP contribution in [0.2, 0.25) is 0 Å². The molecule has 140 valence electrons. The first-order chi connectivity index (χ1) is 11.8. The van der Waals surface area contributed by atoms with E-state index in [4.69, 9.17) is 9.31 Å². The van der Waals surface area contributed by atoms with Crippen molar-refractivity contribution in [2.24, 2.45) is 0 Å². The van der Waals surface area contributed by atoms with Crippen LogP contribution >= 0.6 is 0 Å². The molecular formula is C19H27BN2O4. The number of nitrogens with zero attached hydrogens (tertiary/aromatic N) is 2. The first-order valence-electron chi connectivity index (χ1n) is 8.86. The maximum Gasteiger partial charge on any atom is 0.496 e. The standard InChI is InChI=1S/C19H27BN2O4/c1-11-13-9-12(20-25-18(5,6)19(7,8)26-20)10-21-15(13)22(16(23)24)14(11)17(2,3)4/h9-10H,1-8H3,(H,23,24). The van der Waals surface area contributed by atoms with Crippen LogP contribution < -0.4 is 5.46 Å². The molecule has 6 nitrogen and oxygen atoms in total. The number of rotatable bonds is 1. The van der Waals surface area contributed by atoms with Gasteiger partial charge in [0, 0.05) is 28.2 Å². The summed E-state index contributed by atoms with van der Waals surface area (Å²) in [6.07, 6.45) is 0.624. The lowest BCUT2D eigenvalue weighted by Crippen LogP contribution is -2.41. The van der Waals surface area contributed by atoms with Crippen molar-refractivity contribution in [2.45, 2.75) is 72.0 Å². The minimum Gasteiger partial charge on any atom is -0.464 e. The summed E-state index contributed by atoms with van der Waals surface area (Å²) in [5.74, 6) is 0. The number of carboxylic acid groups (broad SMARTS) is 1. The zero-order chi connectivity index (χ0) is 19.7. The molecule has 0 bridgehead atoms. The largest absolute Gasteiger partial charge is 0.496 e. The van der Waals surface area contributed by atoms with E-state index < -0.39 is 24.4 Å². The van der Waals surface area contributed by atoms with Gasteiger partial charge in [0.2, 0.25) is 0 Å². The van der Waals surface area contributed by atoms with Gasteiger partial charge in [-0.2, -0.15) is 0 Å². The maximum absolute atomic E-state index is 11.9. The molecule has 1 saturated heterocycles. The Morgan fingerprint density at radius 3 is 2.19 bits per heavy atom. The second-order valence-electron chi connectivity index (χ2n) is 9.07. The molecule has 1 aliphatic rings. The van der Waals surface area contributed by atoms with E-state index in [2.05, 4.69) is 4.98 Å². The molecule has 3 heterocycles. The molecule has 0 aliphatic carbocycles. The highest BCUT2D eigenvalue weighted by atomic mass is 16.7. The van der Waals surface area contributed by atoms with E-state index in [0.717, 1.165) is 22.1 Å². The topological polar surface area (TPSA) is 73.6 Å². The van der Waals surface area contributed by atoms with Gasteiger partial charge in [-0.25, -0.2) is 14.3 Å². The second kappa shape index (κ2) is 5.57. The number of aryl methyl sites for hydroxylation is 1. The summed E-state index contributed by atoms with van der Waals surface area (Å²) in [5, 5.41) is 10.5. The molecule has 1 fully saturated rings. The number of hydrogen-bond acceptors (Lipinski definition) is 4. The van der Waals surface area contributed by atoms with Crippen molar-refractivity contribution < 1.29 is 19.2 Å². The SMILES string of the molecule is Cc1c(C(C)(C)C)n(C(=O)O)c2ncc(B3OC(C)(C)C(C)(C)O3)cc12. The minimum absolute atomic E-state index is 0.326. The molecule has 0 unspecified atom stereocenters. The van der Waals surface area contributed by atoms with Gasteiger partial charge in [0.15, 0.2) is 0 Å². The summed E-state index contributed by atoms with van der Waals surface area (Å²) in [5.41, 5.74) is 1.70. The van der Waals surface area contributed by atoms with Gasteiger partial charge in [-0.15, -0.1) is 0 Å². The van der Waals surface area contributed by atoms with Crippen LogP contribution in [0.15, 0.2) is 12.3 Å². The van der Waals surface area contributed by atoms with Gasteiger partial charge < -0.3 is 14.4 Å². The molecule has 0 saturated carbocycles. The van der Waals surface area contributed by atoms with Crippen LogP contribution in [0.4, 0.5) is 4.79 Å². The van der Waals surface area contributed by atoms with E-state index >= 15 is 0 Å². The van der Waals surface area contributed by atoms with Crippen LogP contribution in [0.1, 0.15) is 59.7 Å². The molecule has 0 atom stereocenters. The molecule has 0 amide bonds. The van der Waals surface area contributed by atoms with Crippen LogP contribution in [0.25, 0.3) is 11.0 Å². The lowest BCUT2D eigenvalue weighted by Gasteiger charge is -2.32. The zero-order valence-corrected chi connectivity index (χ0v) is 16.8. The average molecular weight is 358 g/mol. The van der Waals surface area contributed by atoms with Crippen molar-refractivity contribution >= 4 is 29.7 Å². The van der Waals surface area contributed by atoms with Gasteiger partial charge in [0.25, 0.3) is 0 Å². The fraction of sp³-hybridized carbons (Fsp3) is 0.579. The van der Waals surface area contributed by atoms with Crippen molar-refractivity contribution in [3.63, 3.8) is 0 Å². The first-order valence-corrected chi connectivity index (χ1v) is 8.86. The van der Waals surface area contributed by atoms with E-state index in [1.54, 1.807) is 6.20 Å². The van der Waals surface area contributed by atoms with Crippen LogP contribution in [0.5, 0.6) is 0 Å². The van der Waals surface area contributed by atoms with Crippen LogP contribution in [-0.4, -0.2) is 39.1 Å². The van der Waals surface area contributed by atoms with Gasteiger partial charge >= 0.3 is 13.2 Å². The van der Waals surface area contributed by atoms with Crippen LogP contribution in [0.3, 0.4) is 0 Å². The van der Waals surface area contributed by atoms with Crippen LogP contribution in [-0.2, 0) is 14.7 Å². The molecule has 2 aromatic heterocycles. The highest BCUT2D eigenvalue weighted by Gasteiger charge is 2.52. The summed E-state index contributed by atoms with van der Waals surface area (Å²) in [6.45, 7) is 16.0. The molecule has 0 spiro atoms. The predicted molar refractivity (Wildman–Crippen MR) is 102 cm³/mol. The minimum atomic E-state index is -1.02. The van der Waals surface area contributed by atoms with Crippen molar-refractivity contribution in [3.8, 4) is 0 Å². The molecule has 0 aromatic carbocycles. The fourth-order valence-electron chi connectivity index (χ4n) is 3.52. The number of aromatic nitrogens is 2. The Morgan fingerprint density at radius 2 is 1.73 bits per heavy atom. The van der Waals surface area contributed by atoms with E-state index in [-0.39, 0.29) is 5.41 Å². The number of pyridine rings is 1. The van der Waals surface area contributed by atoms with Crippen molar-refractivity contribution in [2.75, 3.05) is 0 Å². The molecule has 3 rings (SSSR count). The average Bonchev–Trinajstić information content (AvgIpc) is 2.89. The highest BCUT2D eigenvalue weighted by Crippen LogP contribution is 2.37. The summed E-state index contributed by atoms with van der Waals surface area (Å²) in [4.78, 5) is 16.3. The Hall–Kier alpha value is -1.86. The summed E-state index contributed by atoms with van der Waals surface area (Å²) >= 11 is 0. The zero-order valence-electron chi connectivity index (χ0n) is 16.8. The quantitative estimate of drug-likeness (QED) is 0.791. The van der Waals surface area contributed by atoms with Crippen LogP contribution in [0, 0.1) is 6.92 Å². The molecule has 0 radical (unpaired) electrons. The Balaban J connectivity index is 2.17. The summed E-state index contributed by atoms with van der Waals surface area (Å²) in [7, 11) is -0.525. The lowest BCUT2D eigenvalue weighted by atomic mass is 9.79. The Kier molecular flexibility index (Phi) is 4.05. The molecule has 1 aliphatic heterocycles. The van der Waals surface area contributed by atoms with E-state index in [1.165, 1.54) is 4.57 Å². The van der Waals surface area contributed by atoms with Crippen molar-refractivity contribution in [3.05, 3.63) is 23.5 Å². The molecule has 26 heavy (non-hydrogen) atoms. The third-order valence-electron chi connectivity index (χ3n) is 5.51. The lowest BCUT2D eigenvalue weighted by molar-refractivity contribution is 0.00578. The van der Waals surface area contributed by atoms with Gasteiger partial charge in [-0.3, -0.25) is 0 Å². The maximum atomic E-state index is 11.9. The van der Waals surface area contributed by atoms with E-state index in [0.29, 0.717) is 5.65 Å². The van der Waals surface area contributed by atoms with Crippen molar-refractivity contribution in [1.82, 2.24) is 9.55 Å². The first kappa shape index (κ1) is 18.9. The molecule has 2 aromatic rings. The normalized spacial score (nSPS) is 19.3. The number of fused-ring (bicyclic) bond motifs is 1. The van der Waals surface area contributed by atoms with Crippen molar-refractivity contribution in [1.29, 1.82) is 0 Å². The van der Waals surface area contributed by atoms with Gasteiger partial charge in [0.05, 0.1) is 11.2 Å². The molecular weight excluding hydrogens is 331 g/mol. The number of hydrogen-bond donors (Lipinski definition) is 1. The van der Waals surface area contributed by atoms with E-state index in [1.807, 2.05) is 61.5 Å². The van der Waals surface area contributed by atoms with Gasteiger partial charge in [0.1, 0.15) is 5.65 Å². The Bertz CT molecular complexity index is 877. The smallest absolute Gasteiger partial charge is 0.464 e. The summed E-state index contributed by atoms with van der Waals surface area (Å²) < 4.78 is 13.5.